The van der Waals surface area contributed by atoms with Crippen molar-refractivity contribution in [2.45, 2.75) is 20.3 Å². The van der Waals surface area contributed by atoms with Crippen molar-refractivity contribution in [2.75, 3.05) is 6.61 Å². The lowest BCUT2D eigenvalue weighted by Crippen LogP contribution is -2.32. The Labute approximate surface area is 119 Å². The SMILES string of the molecule is CC(C)(CCOc1cc(F)c(Br)cc1Cl)C(=N)N. The monoisotopic (exact) mass is 336 g/mol. The number of hydrogen-bond acceptors (Lipinski definition) is 2. The Bertz CT molecular complexity index is 466. The number of nitrogens with two attached hydrogens (primary N) is 1. The Balaban J connectivity index is 2.65. The van der Waals surface area contributed by atoms with Crippen molar-refractivity contribution in [1.29, 1.82) is 5.41 Å². The molecule has 6 heteroatoms. The third kappa shape index (κ3) is 3.85. The van der Waals surface area contributed by atoms with Gasteiger partial charge in [0.15, 0.2) is 0 Å². The second-order valence-electron chi connectivity index (χ2n) is 4.59. The van der Waals surface area contributed by atoms with Gasteiger partial charge in [0.25, 0.3) is 0 Å². The Morgan fingerprint density at radius 1 is 1.56 bits per heavy atom. The molecule has 0 aromatic heterocycles. The van der Waals surface area contributed by atoms with Crippen LogP contribution >= 0.6 is 27.5 Å². The van der Waals surface area contributed by atoms with Gasteiger partial charge in [-0.3, -0.25) is 5.41 Å². The van der Waals surface area contributed by atoms with Gasteiger partial charge in [0.2, 0.25) is 0 Å². The lowest BCUT2D eigenvalue weighted by Gasteiger charge is -2.22. The number of nitrogens with one attached hydrogen (secondary N) is 1. The second kappa shape index (κ2) is 5.89. The van der Waals surface area contributed by atoms with E-state index < -0.39 is 11.2 Å². The van der Waals surface area contributed by atoms with Crippen molar-refractivity contribution in [3.05, 3.63) is 27.4 Å². The summed E-state index contributed by atoms with van der Waals surface area (Å²) in [5, 5.41) is 7.75. The molecule has 0 aliphatic rings. The number of amidine groups is 1. The van der Waals surface area contributed by atoms with E-state index >= 15 is 0 Å². The molecule has 0 aliphatic heterocycles. The lowest BCUT2D eigenvalue weighted by atomic mass is 9.88. The van der Waals surface area contributed by atoms with Crippen LogP contribution < -0.4 is 10.5 Å². The van der Waals surface area contributed by atoms with Crippen LogP contribution in [0.3, 0.4) is 0 Å². The van der Waals surface area contributed by atoms with Gasteiger partial charge in [0, 0.05) is 11.5 Å². The molecule has 0 radical (unpaired) electrons. The summed E-state index contributed by atoms with van der Waals surface area (Å²) in [6, 6.07) is 2.68. The second-order valence-corrected chi connectivity index (χ2v) is 5.85. The Morgan fingerprint density at radius 3 is 2.72 bits per heavy atom. The highest BCUT2D eigenvalue weighted by molar-refractivity contribution is 9.10. The summed E-state index contributed by atoms with van der Waals surface area (Å²) in [4.78, 5) is 0. The molecule has 1 aromatic carbocycles. The van der Waals surface area contributed by atoms with Crippen LogP contribution in [0.2, 0.25) is 5.02 Å². The van der Waals surface area contributed by atoms with Gasteiger partial charge < -0.3 is 10.5 Å². The van der Waals surface area contributed by atoms with Crippen LogP contribution in [0.1, 0.15) is 20.3 Å². The quantitative estimate of drug-likeness (QED) is 0.485. The van der Waals surface area contributed by atoms with Crippen LogP contribution in [0.5, 0.6) is 5.75 Å². The van der Waals surface area contributed by atoms with E-state index in [1.165, 1.54) is 12.1 Å². The van der Waals surface area contributed by atoms with Gasteiger partial charge in [-0.2, -0.15) is 0 Å². The van der Waals surface area contributed by atoms with Crippen molar-refractivity contribution in [2.24, 2.45) is 11.1 Å². The smallest absolute Gasteiger partial charge is 0.141 e. The summed E-state index contributed by atoms with van der Waals surface area (Å²) in [6.07, 6.45) is 0.552. The minimum absolute atomic E-state index is 0.0965. The van der Waals surface area contributed by atoms with E-state index in [0.29, 0.717) is 22.5 Å². The number of benzene rings is 1. The summed E-state index contributed by atoms with van der Waals surface area (Å²) >= 11 is 8.96. The van der Waals surface area contributed by atoms with E-state index in [1.807, 2.05) is 13.8 Å². The topological polar surface area (TPSA) is 59.1 Å². The molecule has 0 heterocycles. The molecule has 0 amide bonds. The molecule has 3 N–H and O–H groups in total. The molecule has 0 saturated heterocycles. The molecule has 0 atom stereocenters. The van der Waals surface area contributed by atoms with Crippen molar-refractivity contribution in [3.63, 3.8) is 0 Å². The molecule has 0 unspecified atom stereocenters. The lowest BCUT2D eigenvalue weighted by molar-refractivity contribution is 0.268. The molecule has 18 heavy (non-hydrogen) atoms. The van der Waals surface area contributed by atoms with E-state index in [9.17, 15) is 4.39 Å². The maximum Gasteiger partial charge on any atom is 0.141 e. The van der Waals surface area contributed by atoms with Gasteiger partial charge in [-0.05, 0) is 28.4 Å². The minimum Gasteiger partial charge on any atom is -0.492 e. The summed E-state index contributed by atoms with van der Waals surface area (Å²) in [7, 11) is 0. The molecule has 1 aromatic rings. The van der Waals surface area contributed by atoms with Crippen LogP contribution in [0, 0.1) is 16.6 Å². The fraction of sp³-hybridized carbons (Fsp3) is 0.417. The molecular weight excluding hydrogens is 322 g/mol. The summed E-state index contributed by atoms with van der Waals surface area (Å²) in [6.45, 7) is 4.01. The minimum atomic E-state index is -0.444. The normalized spacial score (nSPS) is 11.4. The first kappa shape index (κ1) is 15.2. The largest absolute Gasteiger partial charge is 0.492 e. The molecule has 3 nitrogen and oxygen atoms in total. The number of halogens is 3. The van der Waals surface area contributed by atoms with Gasteiger partial charge in [0.05, 0.1) is 21.9 Å². The fourth-order valence-corrected chi connectivity index (χ4v) is 1.86. The molecule has 1 rings (SSSR count). The Kier molecular flexibility index (Phi) is 4.99. The maximum absolute atomic E-state index is 13.3. The van der Waals surface area contributed by atoms with E-state index in [-0.39, 0.29) is 11.6 Å². The van der Waals surface area contributed by atoms with Crippen LogP contribution in [0.25, 0.3) is 0 Å². The molecule has 0 saturated carbocycles. The van der Waals surface area contributed by atoms with Gasteiger partial charge >= 0.3 is 0 Å². The molecule has 0 bridgehead atoms. The van der Waals surface area contributed by atoms with Crippen molar-refractivity contribution >= 4 is 33.4 Å². The highest BCUT2D eigenvalue weighted by atomic mass is 79.9. The molecule has 0 spiro atoms. The first-order valence-corrected chi connectivity index (χ1v) is 6.53. The summed E-state index contributed by atoms with van der Waals surface area (Å²) in [5.74, 6) is -0.0452. The third-order valence-electron chi connectivity index (χ3n) is 2.69. The van der Waals surface area contributed by atoms with Crippen molar-refractivity contribution in [1.82, 2.24) is 0 Å². The zero-order valence-electron chi connectivity index (χ0n) is 10.2. The zero-order valence-corrected chi connectivity index (χ0v) is 12.5. The van der Waals surface area contributed by atoms with E-state index in [1.54, 1.807) is 0 Å². The average molecular weight is 338 g/mol. The van der Waals surface area contributed by atoms with Crippen LogP contribution in [-0.4, -0.2) is 12.4 Å². The molecular formula is C12H15BrClFN2O. The van der Waals surface area contributed by atoms with Gasteiger partial charge in [0.1, 0.15) is 11.6 Å². The Hall–Kier alpha value is -0.810. The third-order valence-corrected chi connectivity index (χ3v) is 3.59. The first-order chi connectivity index (χ1) is 8.24. The highest BCUT2D eigenvalue weighted by Crippen LogP contribution is 2.31. The van der Waals surface area contributed by atoms with Crippen LogP contribution in [0.15, 0.2) is 16.6 Å². The fourth-order valence-electron chi connectivity index (χ4n) is 1.17. The highest BCUT2D eigenvalue weighted by Gasteiger charge is 2.21. The predicted octanol–water partition coefficient (Wildman–Crippen LogP) is 3.97. The standard InChI is InChI=1S/C12H15BrClFN2O/c1-12(2,11(16)17)3-4-18-10-6-9(15)7(13)5-8(10)14/h5-6H,3-4H2,1-2H3,(H3,16,17). The van der Waals surface area contributed by atoms with Gasteiger partial charge in [-0.15, -0.1) is 0 Å². The predicted molar refractivity (Wildman–Crippen MR) is 74.9 cm³/mol. The first-order valence-electron chi connectivity index (χ1n) is 5.36. The van der Waals surface area contributed by atoms with Crippen molar-refractivity contribution < 1.29 is 9.13 Å². The number of hydrogen-bond donors (Lipinski definition) is 2. The van der Waals surface area contributed by atoms with E-state index in [2.05, 4.69) is 15.9 Å². The number of rotatable bonds is 5. The van der Waals surface area contributed by atoms with Gasteiger partial charge in [-0.1, -0.05) is 25.4 Å². The van der Waals surface area contributed by atoms with Crippen LogP contribution in [0.4, 0.5) is 4.39 Å². The Morgan fingerprint density at radius 2 is 2.17 bits per heavy atom. The molecule has 0 fully saturated rings. The summed E-state index contributed by atoms with van der Waals surface area (Å²) in [5.41, 5.74) is 5.01. The zero-order chi connectivity index (χ0) is 13.9. The van der Waals surface area contributed by atoms with E-state index in [0.717, 1.165) is 0 Å². The van der Waals surface area contributed by atoms with Crippen molar-refractivity contribution in [3.8, 4) is 5.75 Å². The van der Waals surface area contributed by atoms with E-state index in [4.69, 9.17) is 27.5 Å². The van der Waals surface area contributed by atoms with Crippen LogP contribution in [-0.2, 0) is 0 Å². The molecule has 100 valence electrons. The summed E-state index contributed by atoms with van der Waals surface area (Å²) < 4.78 is 19.0. The number of ether oxygens (including phenoxy) is 1. The maximum atomic E-state index is 13.3. The molecule has 0 aliphatic carbocycles. The van der Waals surface area contributed by atoms with Gasteiger partial charge in [-0.25, -0.2) is 4.39 Å². The average Bonchev–Trinajstić information content (AvgIpc) is 2.25.